The van der Waals surface area contributed by atoms with E-state index in [2.05, 4.69) is 4.98 Å². The fourth-order valence-corrected chi connectivity index (χ4v) is 1.84. The number of amides is 1. The van der Waals surface area contributed by atoms with E-state index >= 15 is 0 Å². The summed E-state index contributed by atoms with van der Waals surface area (Å²) in [6.45, 7) is 0.146. The Labute approximate surface area is 96.7 Å². The molecule has 1 aliphatic heterocycles. The Hall–Kier alpha value is -1.46. The van der Waals surface area contributed by atoms with E-state index in [0.29, 0.717) is 6.29 Å². The number of carbonyl (C=O) groups excluding carboxylic acids is 2. The van der Waals surface area contributed by atoms with Crippen LogP contribution in [0, 0.1) is 0 Å². The lowest BCUT2D eigenvalue weighted by molar-refractivity contribution is -0.117. The maximum absolute atomic E-state index is 11.5. The lowest BCUT2D eigenvalue weighted by Gasteiger charge is -2.16. The highest BCUT2D eigenvalue weighted by atomic mass is 35.5. The molecule has 1 fully saturated rings. The highest BCUT2D eigenvalue weighted by Crippen LogP contribution is 2.26. The molecule has 0 radical (unpaired) electrons. The van der Waals surface area contributed by atoms with Gasteiger partial charge in [0.05, 0.1) is 29.7 Å². The average molecular weight is 241 g/mol. The first-order valence-electron chi connectivity index (χ1n) is 4.71. The van der Waals surface area contributed by atoms with Gasteiger partial charge in [-0.1, -0.05) is 11.6 Å². The molecule has 6 heteroatoms. The molecule has 0 saturated carbocycles. The number of rotatable bonds is 2. The Morgan fingerprint density at radius 3 is 2.94 bits per heavy atom. The van der Waals surface area contributed by atoms with Gasteiger partial charge in [-0.3, -0.25) is 14.5 Å². The van der Waals surface area contributed by atoms with Crippen LogP contribution in [0.15, 0.2) is 12.3 Å². The average Bonchev–Trinajstić information content (AvgIpc) is 2.57. The summed E-state index contributed by atoms with van der Waals surface area (Å²) in [7, 11) is 0. The summed E-state index contributed by atoms with van der Waals surface area (Å²) in [5, 5.41) is 9.60. The molecule has 1 unspecified atom stereocenters. The van der Waals surface area contributed by atoms with Gasteiger partial charge in [0.1, 0.15) is 5.82 Å². The second-order valence-corrected chi connectivity index (χ2v) is 3.92. The number of aliphatic hydroxyl groups is 1. The first-order valence-corrected chi connectivity index (χ1v) is 5.09. The number of aldehydes is 1. The maximum Gasteiger partial charge on any atom is 0.230 e. The Balaban J connectivity index is 2.44. The number of anilines is 1. The van der Waals surface area contributed by atoms with Crippen LogP contribution in [0.1, 0.15) is 16.8 Å². The molecular weight excluding hydrogens is 232 g/mol. The molecule has 2 heterocycles. The molecule has 0 bridgehead atoms. The number of hydrogen-bond donors (Lipinski definition) is 1. The topological polar surface area (TPSA) is 70.5 Å². The molecule has 1 atom stereocenters. The zero-order valence-electron chi connectivity index (χ0n) is 8.26. The van der Waals surface area contributed by atoms with Crippen LogP contribution in [0.25, 0.3) is 0 Å². The van der Waals surface area contributed by atoms with Crippen LogP contribution < -0.4 is 4.90 Å². The fourth-order valence-electron chi connectivity index (χ4n) is 1.66. The van der Waals surface area contributed by atoms with Gasteiger partial charge in [-0.05, 0) is 6.07 Å². The number of hydrogen-bond acceptors (Lipinski definition) is 4. The molecule has 84 valence electrons. The third-order valence-corrected chi connectivity index (χ3v) is 2.72. The predicted octanol–water partition coefficient (Wildman–Crippen LogP) is 0.645. The predicted molar refractivity (Wildman–Crippen MR) is 57.6 cm³/mol. The minimum absolute atomic E-state index is 0.0481. The molecule has 0 aliphatic carbocycles. The number of pyridine rings is 1. The van der Waals surface area contributed by atoms with Gasteiger partial charge in [-0.25, -0.2) is 4.98 Å². The van der Waals surface area contributed by atoms with Crippen molar-refractivity contribution in [2.45, 2.75) is 12.5 Å². The van der Waals surface area contributed by atoms with Crippen molar-refractivity contribution < 1.29 is 14.7 Å². The monoisotopic (exact) mass is 240 g/mol. The number of carbonyl (C=O) groups is 2. The second-order valence-electron chi connectivity index (χ2n) is 3.51. The van der Waals surface area contributed by atoms with Crippen molar-refractivity contribution in [3.63, 3.8) is 0 Å². The third-order valence-electron chi connectivity index (χ3n) is 2.39. The van der Waals surface area contributed by atoms with Crippen molar-refractivity contribution in [2.75, 3.05) is 11.4 Å². The first-order chi connectivity index (χ1) is 7.63. The standard InChI is InChI=1S/C10H9ClN2O3/c11-8-1-2-12-10(7(8)5-14)13-4-6(15)3-9(13)16/h1-2,5-6,15H,3-4H2. The van der Waals surface area contributed by atoms with Crippen molar-refractivity contribution in [2.24, 2.45) is 0 Å². The fraction of sp³-hybridized carbons (Fsp3) is 0.300. The minimum Gasteiger partial charge on any atom is -0.391 e. The van der Waals surface area contributed by atoms with Crippen LogP contribution >= 0.6 is 11.6 Å². The van der Waals surface area contributed by atoms with Gasteiger partial charge < -0.3 is 5.11 Å². The minimum atomic E-state index is -0.715. The van der Waals surface area contributed by atoms with E-state index < -0.39 is 6.10 Å². The molecule has 16 heavy (non-hydrogen) atoms. The molecule has 0 aromatic carbocycles. The lowest BCUT2D eigenvalue weighted by Crippen LogP contribution is -2.27. The highest BCUT2D eigenvalue weighted by molar-refractivity contribution is 6.33. The van der Waals surface area contributed by atoms with Gasteiger partial charge in [0, 0.05) is 6.20 Å². The third kappa shape index (κ3) is 1.79. The van der Waals surface area contributed by atoms with E-state index in [9.17, 15) is 14.7 Å². The van der Waals surface area contributed by atoms with E-state index in [4.69, 9.17) is 11.6 Å². The Morgan fingerprint density at radius 1 is 1.62 bits per heavy atom. The van der Waals surface area contributed by atoms with Gasteiger partial charge in [0.15, 0.2) is 6.29 Å². The molecule has 1 aromatic heterocycles. The van der Waals surface area contributed by atoms with Gasteiger partial charge in [0.25, 0.3) is 0 Å². The van der Waals surface area contributed by atoms with Crippen molar-refractivity contribution >= 4 is 29.6 Å². The summed E-state index contributed by atoms with van der Waals surface area (Å²) in [5.41, 5.74) is 0.173. The van der Waals surface area contributed by atoms with Gasteiger partial charge >= 0.3 is 0 Å². The lowest BCUT2D eigenvalue weighted by atomic mass is 10.2. The number of nitrogens with zero attached hydrogens (tertiary/aromatic N) is 2. The first kappa shape index (κ1) is 11.0. The van der Waals surface area contributed by atoms with Crippen LogP contribution in [0.4, 0.5) is 5.82 Å². The van der Waals surface area contributed by atoms with Crippen molar-refractivity contribution in [1.29, 1.82) is 0 Å². The molecule has 1 amide bonds. The number of aromatic nitrogens is 1. The van der Waals surface area contributed by atoms with Crippen LogP contribution in [0.3, 0.4) is 0 Å². The highest BCUT2D eigenvalue weighted by Gasteiger charge is 2.31. The molecular formula is C10H9ClN2O3. The maximum atomic E-state index is 11.5. The van der Waals surface area contributed by atoms with Gasteiger partial charge in [-0.2, -0.15) is 0 Å². The normalized spacial score (nSPS) is 20.2. The van der Waals surface area contributed by atoms with Crippen LogP contribution in [0.5, 0.6) is 0 Å². The SMILES string of the molecule is O=Cc1c(Cl)ccnc1N1CC(O)CC1=O. The number of β-amino-alcohol motifs (C(OH)–C–C–N with tert-alkyl or cyclic N) is 1. The quantitative estimate of drug-likeness (QED) is 0.771. The molecule has 1 saturated heterocycles. The van der Waals surface area contributed by atoms with E-state index in [-0.39, 0.29) is 35.3 Å². The molecule has 1 aliphatic rings. The molecule has 1 aromatic rings. The van der Waals surface area contributed by atoms with Crippen LogP contribution in [-0.4, -0.2) is 34.9 Å². The molecule has 2 rings (SSSR count). The summed E-state index contributed by atoms with van der Waals surface area (Å²) in [5.74, 6) is -0.0468. The Morgan fingerprint density at radius 2 is 2.38 bits per heavy atom. The summed E-state index contributed by atoms with van der Waals surface area (Å²) in [4.78, 5) is 27.6. The molecule has 0 spiro atoms. The van der Waals surface area contributed by atoms with Gasteiger partial charge in [-0.15, -0.1) is 0 Å². The zero-order valence-corrected chi connectivity index (χ0v) is 9.02. The molecule has 5 nitrogen and oxygen atoms in total. The van der Waals surface area contributed by atoms with Crippen molar-refractivity contribution in [3.05, 3.63) is 22.8 Å². The summed E-state index contributed by atoms with van der Waals surface area (Å²) < 4.78 is 0. The van der Waals surface area contributed by atoms with Crippen molar-refractivity contribution in [1.82, 2.24) is 4.98 Å². The van der Waals surface area contributed by atoms with E-state index in [1.807, 2.05) is 0 Å². The molecule has 1 N–H and O–H groups in total. The van der Waals surface area contributed by atoms with Crippen LogP contribution in [-0.2, 0) is 4.79 Å². The number of aliphatic hydroxyl groups excluding tert-OH is 1. The second kappa shape index (κ2) is 4.19. The number of halogens is 1. The van der Waals surface area contributed by atoms with E-state index in [0.717, 1.165) is 0 Å². The smallest absolute Gasteiger partial charge is 0.230 e. The Bertz CT molecular complexity index is 450. The van der Waals surface area contributed by atoms with Crippen LogP contribution in [0.2, 0.25) is 5.02 Å². The summed E-state index contributed by atoms with van der Waals surface area (Å²) in [6.07, 6.45) is 1.31. The summed E-state index contributed by atoms with van der Waals surface area (Å²) in [6, 6.07) is 1.48. The largest absolute Gasteiger partial charge is 0.391 e. The van der Waals surface area contributed by atoms with Gasteiger partial charge in [0.2, 0.25) is 5.91 Å². The Kier molecular flexibility index (Phi) is 2.89. The van der Waals surface area contributed by atoms with E-state index in [1.165, 1.54) is 17.2 Å². The summed E-state index contributed by atoms with van der Waals surface area (Å²) >= 11 is 5.82. The van der Waals surface area contributed by atoms with Crippen molar-refractivity contribution in [3.8, 4) is 0 Å². The van der Waals surface area contributed by atoms with E-state index in [1.54, 1.807) is 0 Å². The zero-order chi connectivity index (χ0) is 11.7.